The number of hydrogen-bond donors (Lipinski definition) is 2. The number of halogens is 3. The number of carbonyl (C=O) groups excluding carboxylic acids is 3. The van der Waals surface area contributed by atoms with E-state index in [4.69, 9.17) is 39.5 Å². The van der Waals surface area contributed by atoms with Crippen molar-refractivity contribution in [3.63, 3.8) is 0 Å². The fourth-order valence-corrected chi connectivity index (χ4v) is 11.3. The Morgan fingerprint density at radius 2 is 1.70 bits per heavy atom. The number of amides is 3. The summed E-state index contributed by atoms with van der Waals surface area (Å²) in [4.78, 5) is 58.2. The molecule has 1 saturated heterocycles. The van der Waals surface area contributed by atoms with Gasteiger partial charge in [0.2, 0.25) is 11.8 Å². The number of fused-ring (bicyclic) bond motifs is 9. The van der Waals surface area contributed by atoms with E-state index in [1.807, 2.05) is 18.2 Å². The number of rotatable bonds is 6. The van der Waals surface area contributed by atoms with Gasteiger partial charge in [-0.05, 0) is 84.3 Å². The molecule has 8 nitrogen and oxygen atoms in total. The Balaban J connectivity index is 1.08. The summed E-state index contributed by atoms with van der Waals surface area (Å²) in [5, 5.41) is 4.88. The Labute approximate surface area is 286 Å². The molecule has 46 heavy (non-hydrogen) atoms. The van der Waals surface area contributed by atoms with Crippen molar-refractivity contribution in [3.05, 3.63) is 102 Å². The summed E-state index contributed by atoms with van der Waals surface area (Å²) >= 11 is 20.9. The van der Waals surface area contributed by atoms with Gasteiger partial charge in [-0.3, -0.25) is 24.1 Å². The van der Waals surface area contributed by atoms with Crippen LogP contribution in [-0.2, 0) is 14.4 Å². The smallest absolute Gasteiger partial charge is 0.305 e. The maximum absolute atomic E-state index is 13.9. The number of thioether (sulfide) groups is 1. The average molecular weight is 713 g/mol. The third-order valence-electron chi connectivity index (χ3n) is 9.60. The number of H-pyrrole nitrogens is 1. The van der Waals surface area contributed by atoms with Crippen molar-refractivity contribution in [2.45, 2.75) is 22.6 Å². The molecule has 2 aliphatic heterocycles. The number of benzene rings is 3. The molecule has 2 bridgehead atoms. The minimum absolute atomic E-state index is 0.00213. The van der Waals surface area contributed by atoms with Crippen molar-refractivity contribution < 1.29 is 19.1 Å². The van der Waals surface area contributed by atoms with Gasteiger partial charge in [0.25, 0.3) is 5.91 Å². The second kappa shape index (κ2) is 11.5. The van der Waals surface area contributed by atoms with Crippen LogP contribution in [0.3, 0.4) is 0 Å². The average Bonchev–Trinajstić information content (AvgIpc) is 3.77. The van der Waals surface area contributed by atoms with Crippen molar-refractivity contribution in [1.82, 2.24) is 4.98 Å². The van der Waals surface area contributed by atoms with E-state index in [2.05, 4.69) is 10.3 Å². The van der Waals surface area contributed by atoms with E-state index in [-0.39, 0.29) is 58.1 Å². The lowest BCUT2D eigenvalue weighted by atomic mass is 9.68. The lowest BCUT2D eigenvalue weighted by Gasteiger charge is -2.43. The third-order valence-corrected chi connectivity index (χ3v) is 13.2. The monoisotopic (exact) mass is 711 g/mol. The van der Waals surface area contributed by atoms with Crippen LogP contribution in [0.15, 0.2) is 76.6 Å². The number of anilines is 2. The lowest BCUT2D eigenvalue weighted by Crippen LogP contribution is -2.42. The van der Waals surface area contributed by atoms with Crippen molar-refractivity contribution in [2.75, 3.05) is 16.8 Å². The van der Waals surface area contributed by atoms with Crippen molar-refractivity contribution in [3.8, 4) is 5.75 Å². The Morgan fingerprint density at radius 1 is 0.935 bits per heavy atom. The molecule has 3 fully saturated rings. The highest BCUT2D eigenvalue weighted by Gasteiger charge is 2.69. The van der Waals surface area contributed by atoms with Crippen molar-refractivity contribution in [2.24, 2.45) is 29.6 Å². The number of thiazole rings is 1. The minimum Gasteiger partial charge on any atom is -0.484 e. The molecule has 3 aromatic carbocycles. The van der Waals surface area contributed by atoms with E-state index in [0.29, 0.717) is 32.2 Å². The number of ether oxygens (including phenoxy) is 1. The fraction of sp³-hybridized carbons (Fsp3) is 0.273. The zero-order valence-electron chi connectivity index (χ0n) is 23.7. The van der Waals surface area contributed by atoms with Gasteiger partial charge in [0.15, 0.2) is 6.61 Å². The number of hydrogen-bond acceptors (Lipinski definition) is 7. The summed E-state index contributed by atoms with van der Waals surface area (Å²) < 4.78 is 5.91. The lowest BCUT2D eigenvalue weighted by molar-refractivity contribution is -0.123. The molecule has 0 radical (unpaired) electrons. The summed E-state index contributed by atoms with van der Waals surface area (Å²) in [6.07, 6.45) is 0.782. The van der Waals surface area contributed by atoms with Crippen LogP contribution in [-0.4, -0.2) is 34.6 Å². The van der Waals surface area contributed by atoms with Gasteiger partial charge < -0.3 is 15.0 Å². The number of aromatic nitrogens is 1. The molecule has 0 spiro atoms. The molecule has 2 aliphatic carbocycles. The number of carbonyl (C=O) groups is 3. The topological polar surface area (TPSA) is 109 Å². The molecule has 3 amide bonds. The highest BCUT2D eigenvalue weighted by Crippen LogP contribution is 2.68. The Morgan fingerprint density at radius 3 is 2.46 bits per heavy atom. The second-order valence-corrected chi connectivity index (χ2v) is 15.4. The minimum atomic E-state index is -0.417. The van der Waals surface area contributed by atoms with Gasteiger partial charge in [0.1, 0.15) is 5.75 Å². The van der Waals surface area contributed by atoms with Crippen LogP contribution in [0, 0.1) is 29.6 Å². The predicted octanol–water partition coefficient (Wildman–Crippen LogP) is 7.09. The van der Waals surface area contributed by atoms with Gasteiger partial charge in [-0.15, -0.1) is 11.8 Å². The first kappa shape index (κ1) is 30.1. The van der Waals surface area contributed by atoms with Crippen LogP contribution < -0.4 is 19.8 Å². The quantitative estimate of drug-likeness (QED) is 0.207. The summed E-state index contributed by atoms with van der Waals surface area (Å²) in [5.41, 5.74) is 1.98. The molecule has 7 atom stereocenters. The zero-order chi connectivity index (χ0) is 31.9. The Bertz CT molecular complexity index is 1980. The highest BCUT2D eigenvalue weighted by atomic mass is 35.5. The maximum atomic E-state index is 13.9. The summed E-state index contributed by atoms with van der Waals surface area (Å²) in [6, 6.07) is 19.2. The van der Waals surface area contributed by atoms with Crippen molar-refractivity contribution >= 4 is 87.0 Å². The van der Waals surface area contributed by atoms with Gasteiger partial charge in [-0.2, -0.15) is 0 Å². The summed E-state index contributed by atoms with van der Waals surface area (Å²) in [5.74, 6) is -1.16. The van der Waals surface area contributed by atoms with E-state index in [0.717, 1.165) is 21.9 Å². The molecule has 4 aliphatic rings. The van der Waals surface area contributed by atoms with Crippen LogP contribution >= 0.6 is 57.9 Å². The molecule has 4 unspecified atom stereocenters. The molecule has 4 aromatic rings. The van der Waals surface area contributed by atoms with Crippen molar-refractivity contribution in [1.29, 1.82) is 0 Å². The number of nitrogens with one attached hydrogen (secondary N) is 2. The molecule has 8 rings (SSSR count). The maximum Gasteiger partial charge on any atom is 0.305 e. The SMILES string of the molecule is O=C(COc1cccc([C@H]2c3sc(=O)[nH]c3SC3C2[C@H]2C[C@@H]3C3C(=O)N(c4ccc(Cl)cc4)C(=O)C32)c1)Nc1ccc(Cl)c(Cl)c1. The van der Waals surface area contributed by atoms with Gasteiger partial charge in [0, 0.05) is 26.8 Å². The third kappa shape index (κ3) is 4.88. The molecule has 2 saturated carbocycles. The van der Waals surface area contributed by atoms with E-state index >= 15 is 0 Å². The first-order chi connectivity index (χ1) is 22.2. The molecular formula is C33H24Cl3N3O5S2. The fourth-order valence-electron chi connectivity index (χ4n) is 7.95. The molecule has 13 heteroatoms. The van der Waals surface area contributed by atoms with Gasteiger partial charge in [0.05, 0.1) is 32.6 Å². The molecule has 1 aromatic heterocycles. The van der Waals surface area contributed by atoms with E-state index in [1.165, 1.54) is 16.2 Å². The van der Waals surface area contributed by atoms with Crippen LogP contribution in [0.25, 0.3) is 0 Å². The molecule has 2 N–H and O–H groups in total. The summed E-state index contributed by atoms with van der Waals surface area (Å²) in [6.45, 7) is -0.232. The standard InChI is InChI=1S/C33H24Cl3N3O5S2/c34-15-4-7-17(8-5-15)39-31(41)26-19-12-20(27(26)32(39)42)28-25(19)24(29-30(45-28)38-33(43)46-29)14-2-1-3-18(10-14)44-13-23(40)37-16-6-9-21(35)22(36)11-16/h1-11,19-20,24-28H,12-13H2,(H,37,40)(H,38,43)/t19-,20-,24-,25?,26?,27?,28?/m1/s1. The van der Waals surface area contributed by atoms with E-state index in [1.54, 1.807) is 60.3 Å². The number of aromatic amines is 1. The van der Waals surface area contributed by atoms with E-state index < -0.39 is 11.8 Å². The Kier molecular flexibility index (Phi) is 7.49. The number of nitrogens with zero attached hydrogens (tertiary/aromatic N) is 1. The highest BCUT2D eigenvalue weighted by molar-refractivity contribution is 8.00. The van der Waals surface area contributed by atoms with Crippen LogP contribution in [0.5, 0.6) is 5.75 Å². The largest absolute Gasteiger partial charge is 0.484 e. The second-order valence-electron chi connectivity index (χ2n) is 12.0. The number of imide groups is 1. The Hall–Kier alpha value is -3.28. The normalized spacial score (nSPS) is 27.4. The van der Waals surface area contributed by atoms with Crippen LogP contribution in [0.2, 0.25) is 15.1 Å². The zero-order valence-corrected chi connectivity index (χ0v) is 27.6. The molecular weight excluding hydrogens is 689 g/mol. The molecule has 234 valence electrons. The predicted molar refractivity (Wildman–Crippen MR) is 179 cm³/mol. The van der Waals surface area contributed by atoms with Gasteiger partial charge in [-0.25, -0.2) is 0 Å². The van der Waals surface area contributed by atoms with Gasteiger partial charge >= 0.3 is 4.87 Å². The van der Waals surface area contributed by atoms with E-state index in [9.17, 15) is 19.2 Å². The molecule has 3 heterocycles. The first-order valence-electron chi connectivity index (χ1n) is 14.7. The van der Waals surface area contributed by atoms with Gasteiger partial charge in [-0.1, -0.05) is 58.3 Å². The summed E-state index contributed by atoms with van der Waals surface area (Å²) in [7, 11) is 0. The van der Waals surface area contributed by atoms with Crippen LogP contribution in [0.1, 0.15) is 22.8 Å². The first-order valence-corrected chi connectivity index (χ1v) is 17.5. The van der Waals surface area contributed by atoms with Crippen LogP contribution in [0.4, 0.5) is 11.4 Å².